The summed E-state index contributed by atoms with van der Waals surface area (Å²) in [6.45, 7) is 2.12. The average Bonchev–Trinajstić information content (AvgIpc) is 2.92. The van der Waals surface area contributed by atoms with Gasteiger partial charge in [-0.05, 0) is 55.5 Å². The van der Waals surface area contributed by atoms with E-state index in [-0.39, 0.29) is 6.04 Å². The molecule has 0 saturated carbocycles. The lowest BCUT2D eigenvalue weighted by atomic mass is 9.89. The maximum Gasteiger partial charge on any atom is 0.0564 e. The van der Waals surface area contributed by atoms with Crippen LogP contribution in [0, 0.1) is 6.92 Å². The number of aryl methyl sites for hydroxylation is 1. The van der Waals surface area contributed by atoms with Crippen molar-refractivity contribution in [2.75, 3.05) is 10.6 Å². The van der Waals surface area contributed by atoms with Crippen molar-refractivity contribution in [3.8, 4) is 0 Å². The molecule has 2 heteroatoms. The minimum absolute atomic E-state index is 0.274. The maximum atomic E-state index is 3.83. The van der Waals surface area contributed by atoms with Gasteiger partial charge in [0.15, 0.2) is 0 Å². The Bertz CT molecular complexity index is 1300. The summed E-state index contributed by atoms with van der Waals surface area (Å²) >= 11 is 0. The summed E-state index contributed by atoms with van der Waals surface area (Å²) in [5.74, 6) is 0. The highest BCUT2D eigenvalue weighted by Crippen LogP contribution is 2.38. The van der Waals surface area contributed by atoms with Gasteiger partial charge in [0.05, 0.1) is 5.70 Å². The Balaban J connectivity index is 1.70. The number of hydrogen-bond donors (Lipinski definition) is 2. The summed E-state index contributed by atoms with van der Waals surface area (Å²) in [4.78, 5) is 0. The van der Waals surface area contributed by atoms with Crippen LogP contribution in [0.2, 0.25) is 0 Å². The van der Waals surface area contributed by atoms with E-state index in [1.54, 1.807) is 0 Å². The molecule has 0 heterocycles. The second-order valence-corrected chi connectivity index (χ2v) is 9.09. The first kappa shape index (κ1) is 22.7. The van der Waals surface area contributed by atoms with E-state index in [1.807, 2.05) is 0 Å². The summed E-state index contributed by atoms with van der Waals surface area (Å²) in [6, 6.07) is 28.3. The predicted octanol–water partition coefficient (Wildman–Crippen LogP) is 8.55. The molecule has 35 heavy (non-hydrogen) atoms. The summed E-state index contributed by atoms with van der Waals surface area (Å²) < 4.78 is 0. The van der Waals surface area contributed by atoms with Crippen LogP contribution in [-0.4, -0.2) is 6.04 Å². The normalized spacial score (nSPS) is 17.5. The molecule has 174 valence electrons. The molecule has 0 radical (unpaired) electrons. The van der Waals surface area contributed by atoms with Gasteiger partial charge in [-0.2, -0.15) is 0 Å². The van der Waals surface area contributed by atoms with Crippen LogP contribution in [-0.2, 0) is 0 Å². The van der Waals surface area contributed by atoms with E-state index in [0.717, 1.165) is 41.9 Å². The lowest BCUT2D eigenvalue weighted by Gasteiger charge is -2.25. The summed E-state index contributed by atoms with van der Waals surface area (Å²) in [7, 11) is 0. The van der Waals surface area contributed by atoms with Crippen molar-refractivity contribution in [2.45, 2.75) is 32.2 Å². The zero-order valence-electron chi connectivity index (χ0n) is 20.2. The van der Waals surface area contributed by atoms with Crippen molar-refractivity contribution in [1.82, 2.24) is 0 Å². The highest BCUT2D eigenvalue weighted by Gasteiger charge is 2.19. The van der Waals surface area contributed by atoms with E-state index in [0.29, 0.717) is 0 Å². The molecule has 2 aliphatic rings. The zero-order chi connectivity index (χ0) is 23.9. The molecule has 2 nitrogen and oxygen atoms in total. The van der Waals surface area contributed by atoms with Crippen molar-refractivity contribution in [1.29, 1.82) is 0 Å². The third kappa shape index (κ3) is 5.55. The molecule has 0 fully saturated rings. The fraction of sp³-hybridized carbons (Fsp3) is 0.152. The molecule has 1 unspecified atom stereocenters. The smallest absolute Gasteiger partial charge is 0.0564 e. The summed E-state index contributed by atoms with van der Waals surface area (Å²) in [6.07, 6.45) is 18.7. The van der Waals surface area contributed by atoms with Gasteiger partial charge in [0, 0.05) is 28.6 Å². The van der Waals surface area contributed by atoms with Gasteiger partial charge in [-0.15, -0.1) is 0 Å². The number of rotatable bonds is 7. The van der Waals surface area contributed by atoms with Gasteiger partial charge in [0.2, 0.25) is 0 Å². The van der Waals surface area contributed by atoms with Crippen molar-refractivity contribution < 1.29 is 0 Å². The van der Waals surface area contributed by atoms with Crippen LogP contribution < -0.4 is 10.6 Å². The van der Waals surface area contributed by atoms with Gasteiger partial charge in [-0.3, -0.25) is 0 Å². The van der Waals surface area contributed by atoms with Crippen LogP contribution in [0.15, 0.2) is 127 Å². The molecule has 0 aromatic heterocycles. The largest absolute Gasteiger partial charge is 0.378 e. The Morgan fingerprint density at radius 3 is 2.34 bits per heavy atom. The van der Waals surface area contributed by atoms with Gasteiger partial charge >= 0.3 is 0 Å². The topological polar surface area (TPSA) is 24.1 Å². The minimum atomic E-state index is 0.274. The molecule has 0 aliphatic heterocycles. The van der Waals surface area contributed by atoms with E-state index in [2.05, 4.69) is 139 Å². The Morgan fingerprint density at radius 1 is 0.800 bits per heavy atom. The monoisotopic (exact) mass is 456 g/mol. The molecule has 3 aromatic rings. The van der Waals surface area contributed by atoms with Gasteiger partial charge < -0.3 is 10.6 Å². The van der Waals surface area contributed by atoms with Crippen molar-refractivity contribution >= 4 is 22.6 Å². The number of nitrogens with one attached hydrogen (secondary N) is 2. The molecular weight excluding hydrogens is 424 g/mol. The molecular formula is C33H32N2. The number of para-hydroxylation sites is 1. The molecule has 0 spiro atoms. The van der Waals surface area contributed by atoms with Crippen LogP contribution in [0.25, 0.3) is 11.3 Å². The highest BCUT2D eigenvalue weighted by atomic mass is 14.9. The molecule has 2 aliphatic carbocycles. The van der Waals surface area contributed by atoms with Gasteiger partial charge in [-0.1, -0.05) is 109 Å². The Kier molecular flexibility index (Phi) is 7.10. The third-order valence-electron chi connectivity index (χ3n) is 6.43. The molecule has 0 saturated heterocycles. The second-order valence-electron chi connectivity index (χ2n) is 9.09. The second kappa shape index (κ2) is 10.9. The van der Waals surface area contributed by atoms with E-state index in [4.69, 9.17) is 0 Å². The Labute approximate surface area is 209 Å². The van der Waals surface area contributed by atoms with Crippen LogP contribution >= 0.6 is 0 Å². The van der Waals surface area contributed by atoms with E-state index in [1.165, 1.54) is 22.3 Å². The van der Waals surface area contributed by atoms with Gasteiger partial charge in [0.25, 0.3) is 0 Å². The lowest BCUT2D eigenvalue weighted by Crippen LogP contribution is -2.18. The fourth-order valence-corrected chi connectivity index (χ4v) is 4.62. The third-order valence-corrected chi connectivity index (χ3v) is 6.43. The molecule has 3 aromatic carbocycles. The first-order chi connectivity index (χ1) is 17.3. The van der Waals surface area contributed by atoms with Crippen molar-refractivity contribution in [3.05, 3.63) is 144 Å². The number of anilines is 2. The Morgan fingerprint density at radius 2 is 1.60 bits per heavy atom. The van der Waals surface area contributed by atoms with Crippen molar-refractivity contribution in [2.24, 2.45) is 0 Å². The van der Waals surface area contributed by atoms with Crippen LogP contribution in [0.1, 0.15) is 36.0 Å². The number of benzene rings is 3. The standard InChI is InChI=1S/C33H32N2/c1-25-21-23-29(24-22-25)35-33(30-19-11-12-20-31(30)34-28-17-9-4-10-18-28)32(26-13-5-2-6-14-26)27-15-7-3-8-16-27/h2,4-7,9-17,19-24,28,34-35H,3,8,18H2,1H3/b33-32+. The van der Waals surface area contributed by atoms with Crippen LogP contribution in [0.3, 0.4) is 0 Å². The molecule has 1 atom stereocenters. The summed E-state index contributed by atoms with van der Waals surface area (Å²) in [5, 5.41) is 7.61. The maximum absolute atomic E-state index is 3.83. The van der Waals surface area contributed by atoms with Crippen molar-refractivity contribution in [3.63, 3.8) is 0 Å². The lowest BCUT2D eigenvalue weighted by molar-refractivity contribution is 0.882. The van der Waals surface area contributed by atoms with E-state index < -0.39 is 0 Å². The molecule has 0 amide bonds. The minimum Gasteiger partial charge on any atom is -0.378 e. The Hall–Kier alpha value is -4.04. The molecule has 0 bridgehead atoms. The quantitative estimate of drug-likeness (QED) is 0.348. The SMILES string of the molecule is Cc1ccc(N/C(=C(/C2=CCCC=C2)c2ccccc2)c2ccccc2NC2C=CC=CC2)cc1. The molecule has 2 N–H and O–H groups in total. The zero-order valence-corrected chi connectivity index (χ0v) is 20.2. The number of allylic oxidation sites excluding steroid dienone is 7. The fourth-order valence-electron chi connectivity index (χ4n) is 4.62. The van der Waals surface area contributed by atoms with Crippen LogP contribution in [0.4, 0.5) is 11.4 Å². The first-order valence-corrected chi connectivity index (χ1v) is 12.5. The van der Waals surface area contributed by atoms with E-state index >= 15 is 0 Å². The van der Waals surface area contributed by atoms with Gasteiger partial charge in [-0.25, -0.2) is 0 Å². The highest BCUT2D eigenvalue weighted by molar-refractivity contribution is 6.05. The predicted molar refractivity (Wildman–Crippen MR) is 151 cm³/mol. The number of hydrogen-bond acceptors (Lipinski definition) is 2. The van der Waals surface area contributed by atoms with E-state index in [9.17, 15) is 0 Å². The average molecular weight is 457 g/mol. The molecule has 5 rings (SSSR count). The van der Waals surface area contributed by atoms with Gasteiger partial charge in [0.1, 0.15) is 0 Å². The summed E-state index contributed by atoms with van der Waals surface area (Å²) in [5.41, 5.74) is 9.40. The van der Waals surface area contributed by atoms with Crippen LogP contribution in [0.5, 0.6) is 0 Å². The first-order valence-electron chi connectivity index (χ1n) is 12.5.